The van der Waals surface area contributed by atoms with E-state index in [1.807, 2.05) is 0 Å². The zero-order valence-electron chi connectivity index (χ0n) is 9.79. The van der Waals surface area contributed by atoms with Gasteiger partial charge in [-0.2, -0.15) is 0 Å². The standard InChI is InChI=1S/C10H10ClN5O2S/c1-16-9(17)13-14-10(16)19-7-3-2-5(4-6(7)11)8(12)15-18/h2-4,18H,1H3,(H2,12,15)(H,13,17). The van der Waals surface area contributed by atoms with Gasteiger partial charge in [-0.3, -0.25) is 4.57 Å². The van der Waals surface area contributed by atoms with Gasteiger partial charge in [0.2, 0.25) is 0 Å². The number of hydrogen-bond acceptors (Lipinski definition) is 5. The molecule has 0 aliphatic heterocycles. The Kier molecular flexibility index (Phi) is 3.82. The summed E-state index contributed by atoms with van der Waals surface area (Å²) in [6, 6.07) is 4.94. The molecule has 4 N–H and O–H groups in total. The van der Waals surface area contributed by atoms with E-state index in [1.165, 1.54) is 16.3 Å². The molecule has 1 aromatic heterocycles. The van der Waals surface area contributed by atoms with Crippen LogP contribution < -0.4 is 11.4 Å². The molecule has 100 valence electrons. The molecule has 0 aliphatic carbocycles. The third kappa shape index (κ3) is 2.74. The van der Waals surface area contributed by atoms with Crippen LogP contribution in [0.4, 0.5) is 0 Å². The van der Waals surface area contributed by atoms with Crippen LogP contribution in [0.3, 0.4) is 0 Å². The van der Waals surface area contributed by atoms with Crippen molar-refractivity contribution in [3.63, 3.8) is 0 Å². The van der Waals surface area contributed by atoms with E-state index in [4.69, 9.17) is 22.5 Å². The molecule has 0 unspecified atom stereocenters. The molecule has 7 nitrogen and oxygen atoms in total. The van der Waals surface area contributed by atoms with Crippen LogP contribution >= 0.6 is 23.4 Å². The number of oxime groups is 1. The fourth-order valence-corrected chi connectivity index (χ4v) is 2.42. The number of hydrogen-bond donors (Lipinski definition) is 3. The largest absolute Gasteiger partial charge is 0.409 e. The van der Waals surface area contributed by atoms with E-state index in [1.54, 1.807) is 25.2 Å². The lowest BCUT2D eigenvalue weighted by Crippen LogP contribution is -2.13. The first-order valence-electron chi connectivity index (χ1n) is 5.09. The maximum atomic E-state index is 11.2. The highest BCUT2D eigenvalue weighted by Gasteiger charge is 2.10. The van der Waals surface area contributed by atoms with Crippen molar-refractivity contribution < 1.29 is 5.21 Å². The first-order valence-corrected chi connectivity index (χ1v) is 6.29. The summed E-state index contributed by atoms with van der Waals surface area (Å²) < 4.78 is 1.37. The van der Waals surface area contributed by atoms with Crippen molar-refractivity contribution >= 4 is 29.2 Å². The Balaban J connectivity index is 2.32. The first-order chi connectivity index (χ1) is 9.02. The second-order valence-electron chi connectivity index (χ2n) is 3.60. The Hall–Kier alpha value is -1.93. The average molecular weight is 300 g/mol. The minimum absolute atomic E-state index is 0.0226. The van der Waals surface area contributed by atoms with Crippen LogP contribution in [0.5, 0.6) is 0 Å². The highest BCUT2D eigenvalue weighted by atomic mass is 35.5. The molecule has 1 aromatic carbocycles. The fourth-order valence-electron chi connectivity index (χ4n) is 1.32. The van der Waals surface area contributed by atoms with E-state index >= 15 is 0 Å². The van der Waals surface area contributed by atoms with Crippen molar-refractivity contribution in [3.8, 4) is 0 Å². The molecule has 0 amide bonds. The molecule has 2 rings (SSSR count). The van der Waals surface area contributed by atoms with E-state index in [2.05, 4.69) is 15.4 Å². The van der Waals surface area contributed by atoms with Gasteiger partial charge in [0.05, 0.1) is 5.02 Å². The van der Waals surface area contributed by atoms with Gasteiger partial charge in [-0.05, 0) is 30.0 Å². The van der Waals surface area contributed by atoms with Crippen molar-refractivity contribution in [1.82, 2.24) is 14.8 Å². The van der Waals surface area contributed by atoms with E-state index in [9.17, 15) is 4.79 Å². The number of nitrogens with zero attached hydrogens (tertiary/aromatic N) is 3. The summed E-state index contributed by atoms with van der Waals surface area (Å²) >= 11 is 7.34. The predicted octanol–water partition coefficient (Wildman–Crippen LogP) is 1.01. The number of halogens is 1. The number of amidine groups is 1. The lowest BCUT2D eigenvalue weighted by molar-refractivity contribution is 0.318. The van der Waals surface area contributed by atoms with Crippen LogP contribution in [0.1, 0.15) is 5.56 Å². The minimum Gasteiger partial charge on any atom is -0.409 e. The molecule has 0 bridgehead atoms. The smallest absolute Gasteiger partial charge is 0.343 e. The van der Waals surface area contributed by atoms with Gasteiger partial charge in [0.15, 0.2) is 11.0 Å². The minimum atomic E-state index is -0.299. The van der Waals surface area contributed by atoms with Crippen LogP contribution in [0.25, 0.3) is 0 Å². The van der Waals surface area contributed by atoms with Crippen molar-refractivity contribution in [2.75, 3.05) is 0 Å². The summed E-state index contributed by atoms with van der Waals surface area (Å²) in [5.74, 6) is -0.0226. The molecule has 9 heteroatoms. The predicted molar refractivity (Wildman–Crippen MR) is 71.9 cm³/mol. The molecule has 0 saturated carbocycles. The van der Waals surface area contributed by atoms with Crippen LogP contribution in [-0.4, -0.2) is 25.8 Å². The Bertz CT molecular complexity index is 693. The lowest BCUT2D eigenvalue weighted by atomic mass is 10.2. The second kappa shape index (κ2) is 5.37. The normalized spacial score (nSPS) is 11.8. The van der Waals surface area contributed by atoms with Gasteiger partial charge < -0.3 is 10.9 Å². The fraction of sp³-hybridized carbons (Fsp3) is 0.100. The number of rotatable bonds is 3. The molecule has 19 heavy (non-hydrogen) atoms. The molecule has 0 saturated heterocycles. The van der Waals surface area contributed by atoms with Gasteiger partial charge in [0, 0.05) is 17.5 Å². The van der Waals surface area contributed by atoms with Gasteiger partial charge >= 0.3 is 5.69 Å². The highest BCUT2D eigenvalue weighted by Crippen LogP contribution is 2.31. The quantitative estimate of drug-likeness (QED) is 0.339. The van der Waals surface area contributed by atoms with E-state index in [-0.39, 0.29) is 11.5 Å². The molecule has 2 aromatic rings. The van der Waals surface area contributed by atoms with E-state index in [0.717, 1.165) is 0 Å². The highest BCUT2D eigenvalue weighted by molar-refractivity contribution is 7.99. The van der Waals surface area contributed by atoms with Gasteiger partial charge in [-0.25, -0.2) is 9.89 Å². The van der Waals surface area contributed by atoms with E-state index < -0.39 is 0 Å². The van der Waals surface area contributed by atoms with E-state index in [0.29, 0.717) is 20.6 Å². The molecule has 0 aliphatic rings. The molecule has 0 radical (unpaired) electrons. The average Bonchev–Trinajstić information content (AvgIpc) is 2.72. The Morgan fingerprint density at radius 2 is 2.37 bits per heavy atom. The third-order valence-corrected chi connectivity index (χ3v) is 3.92. The molecule has 1 heterocycles. The number of benzene rings is 1. The number of aromatic nitrogens is 3. The Labute approximate surface area is 117 Å². The Morgan fingerprint density at radius 1 is 1.63 bits per heavy atom. The van der Waals surface area contributed by atoms with Crippen molar-refractivity contribution in [3.05, 3.63) is 39.3 Å². The summed E-state index contributed by atoms with van der Waals surface area (Å²) in [6.07, 6.45) is 0. The Morgan fingerprint density at radius 3 is 2.89 bits per heavy atom. The van der Waals surface area contributed by atoms with Crippen LogP contribution in [-0.2, 0) is 7.05 Å². The van der Waals surface area contributed by atoms with Crippen molar-refractivity contribution in [1.29, 1.82) is 0 Å². The molecule has 0 atom stereocenters. The summed E-state index contributed by atoms with van der Waals surface area (Å²) in [5.41, 5.74) is 5.67. The summed E-state index contributed by atoms with van der Waals surface area (Å²) in [4.78, 5) is 11.9. The monoisotopic (exact) mass is 299 g/mol. The molecular weight excluding hydrogens is 290 g/mol. The summed E-state index contributed by atoms with van der Waals surface area (Å²) in [6.45, 7) is 0. The third-order valence-electron chi connectivity index (χ3n) is 2.38. The number of H-pyrrole nitrogens is 1. The molecule has 0 fully saturated rings. The van der Waals surface area contributed by atoms with Crippen molar-refractivity contribution in [2.24, 2.45) is 17.9 Å². The van der Waals surface area contributed by atoms with Crippen LogP contribution in [0, 0.1) is 0 Å². The number of nitrogens with two attached hydrogens (primary N) is 1. The van der Waals surface area contributed by atoms with Crippen molar-refractivity contribution in [2.45, 2.75) is 10.1 Å². The van der Waals surface area contributed by atoms with Gasteiger partial charge in [0.25, 0.3) is 0 Å². The maximum absolute atomic E-state index is 11.2. The summed E-state index contributed by atoms with van der Waals surface area (Å²) in [5, 5.41) is 18.6. The number of aromatic amines is 1. The topological polar surface area (TPSA) is 109 Å². The zero-order valence-corrected chi connectivity index (χ0v) is 11.4. The molecular formula is C10H10ClN5O2S. The maximum Gasteiger partial charge on any atom is 0.343 e. The van der Waals surface area contributed by atoms with Gasteiger partial charge in [0.1, 0.15) is 0 Å². The van der Waals surface area contributed by atoms with Gasteiger partial charge in [-0.1, -0.05) is 16.8 Å². The second-order valence-corrected chi connectivity index (χ2v) is 5.02. The SMILES string of the molecule is Cn1c(Sc2ccc(/C(N)=N/O)cc2Cl)n[nH]c1=O. The van der Waals surface area contributed by atoms with Crippen LogP contribution in [0.2, 0.25) is 5.02 Å². The van der Waals surface area contributed by atoms with Crippen LogP contribution in [0.15, 0.2) is 38.2 Å². The zero-order chi connectivity index (χ0) is 14.0. The summed E-state index contributed by atoms with van der Waals surface area (Å²) in [7, 11) is 1.60. The van der Waals surface area contributed by atoms with Gasteiger partial charge in [-0.15, -0.1) is 5.10 Å². The number of nitrogens with one attached hydrogen (secondary N) is 1. The lowest BCUT2D eigenvalue weighted by Gasteiger charge is -2.05. The first kappa shape index (κ1) is 13.5. The molecule has 0 spiro atoms.